The fraction of sp³-hybridized carbons (Fsp3) is 0.905. The number of carbonyl (C=O) groups excluding carboxylic acids is 2. The van der Waals surface area contributed by atoms with Crippen molar-refractivity contribution >= 4 is 11.9 Å². The first-order valence-corrected chi connectivity index (χ1v) is 10.1. The van der Waals surface area contributed by atoms with E-state index in [2.05, 4.69) is 34.6 Å². The maximum atomic E-state index is 11.6. The van der Waals surface area contributed by atoms with E-state index in [4.69, 9.17) is 14.2 Å². The van der Waals surface area contributed by atoms with Gasteiger partial charge in [0.15, 0.2) is 0 Å². The Morgan fingerprint density at radius 1 is 0.846 bits per heavy atom. The third-order valence-electron chi connectivity index (χ3n) is 3.94. The van der Waals surface area contributed by atoms with Crippen molar-refractivity contribution in [3.8, 4) is 0 Å². The zero-order valence-corrected chi connectivity index (χ0v) is 17.6. The van der Waals surface area contributed by atoms with Crippen LogP contribution in [0, 0.1) is 11.3 Å². The molecular weight excluding hydrogens is 332 g/mol. The summed E-state index contributed by atoms with van der Waals surface area (Å²) in [5.41, 5.74) is 0.210. The van der Waals surface area contributed by atoms with Gasteiger partial charge in [0.2, 0.25) is 0 Å². The third-order valence-corrected chi connectivity index (χ3v) is 3.94. The van der Waals surface area contributed by atoms with Crippen molar-refractivity contribution in [2.75, 3.05) is 26.4 Å². The van der Waals surface area contributed by atoms with Gasteiger partial charge in [-0.25, -0.2) is 9.59 Å². The number of hydrogen-bond acceptors (Lipinski definition) is 5. The van der Waals surface area contributed by atoms with E-state index in [0.29, 0.717) is 19.1 Å². The molecule has 1 unspecified atom stereocenters. The van der Waals surface area contributed by atoms with Gasteiger partial charge in [-0.15, -0.1) is 0 Å². The van der Waals surface area contributed by atoms with Crippen LogP contribution in [-0.2, 0) is 23.8 Å². The highest BCUT2D eigenvalue weighted by atomic mass is 16.6. The van der Waals surface area contributed by atoms with Crippen molar-refractivity contribution in [2.24, 2.45) is 11.3 Å². The normalized spacial score (nSPS) is 12.7. The van der Waals surface area contributed by atoms with E-state index in [9.17, 15) is 9.59 Å². The maximum absolute atomic E-state index is 11.6. The molecule has 0 heterocycles. The molecule has 0 fully saturated rings. The van der Waals surface area contributed by atoms with E-state index in [1.54, 1.807) is 0 Å². The van der Waals surface area contributed by atoms with Crippen LogP contribution in [-0.4, -0.2) is 38.4 Å². The second-order valence-corrected chi connectivity index (χ2v) is 8.39. The van der Waals surface area contributed by atoms with Crippen molar-refractivity contribution in [1.29, 1.82) is 0 Å². The van der Waals surface area contributed by atoms with E-state index in [1.165, 1.54) is 32.1 Å². The Kier molecular flexibility index (Phi) is 14.4. The molecule has 26 heavy (non-hydrogen) atoms. The molecule has 0 saturated carbocycles. The minimum absolute atomic E-state index is 0.205. The summed E-state index contributed by atoms with van der Waals surface area (Å²) in [5, 5.41) is 0. The van der Waals surface area contributed by atoms with Crippen LogP contribution in [0.2, 0.25) is 0 Å². The van der Waals surface area contributed by atoms with Crippen LogP contribution in [0.5, 0.6) is 0 Å². The van der Waals surface area contributed by atoms with Crippen LogP contribution in [0.15, 0.2) is 0 Å². The van der Waals surface area contributed by atoms with Gasteiger partial charge in [0, 0.05) is 0 Å². The van der Waals surface area contributed by atoms with E-state index in [-0.39, 0.29) is 18.6 Å². The molecule has 5 nitrogen and oxygen atoms in total. The Balaban J connectivity index is 3.53. The Hall–Kier alpha value is -1.10. The van der Waals surface area contributed by atoms with Crippen LogP contribution in [0.1, 0.15) is 86.0 Å². The summed E-state index contributed by atoms with van der Waals surface area (Å²) >= 11 is 0. The van der Waals surface area contributed by atoms with Crippen molar-refractivity contribution in [3.05, 3.63) is 0 Å². The molecule has 0 aromatic carbocycles. The average Bonchev–Trinajstić information content (AvgIpc) is 2.54. The van der Waals surface area contributed by atoms with Gasteiger partial charge in [-0.3, -0.25) is 0 Å². The number of hydrogen-bond donors (Lipinski definition) is 0. The Morgan fingerprint density at radius 3 is 1.96 bits per heavy atom. The largest absolute Gasteiger partial charge is 0.464 e. The fourth-order valence-electron chi connectivity index (χ4n) is 2.89. The first kappa shape index (κ1) is 24.9. The molecule has 0 aliphatic rings. The second kappa shape index (κ2) is 15.0. The highest BCUT2D eigenvalue weighted by Gasteiger charge is 2.17. The number of unbranched alkanes of at least 4 members (excludes halogenated alkanes) is 6. The quantitative estimate of drug-likeness (QED) is 0.302. The first-order valence-electron chi connectivity index (χ1n) is 10.1. The molecule has 5 heteroatoms. The molecule has 1 atom stereocenters. The molecule has 0 saturated heterocycles. The molecule has 0 aliphatic heterocycles. The monoisotopic (exact) mass is 372 g/mol. The maximum Gasteiger partial charge on any atom is 0.332 e. The lowest BCUT2D eigenvalue weighted by atomic mass is 9.86. The molecule has 0 rings (SSSR count). The lowest BCUT2D eigenvalue weighted by Crippen LogP contribution is -2.22. The summed E-state index contributed by atoms with van der Waals surface area (Å²) in [4.78, 5) is 23.1. The number of carbonyl (C=O) groups is 2. The molecule has 0 amide bonds. The zero-order valence-electron chi connectivity index (χ0n) is 17.6. The minimum Gasteiger partial charge on any atom is -0.464 e. The molecule has 154 valence electrons. The summed E-state index contributed by atoms with van der Waals surface area (Å²) in [6, 6.07) is 0. The SMILES string of the molecule is CCCCCCCCCOC(=O)COCC(=O)OCC(C)CC(C)(C)C. The highest BCUT2D eigenvalue weighted by molar-refractivity contribution is 5.73. The third kappa shape index (κ3) is 17.7. The molecule has 0 aliphatic carbocycles. The van der Waals surface area contributed by atoms with Gasteiger partial charge in [-0.2, -0.15) is 0 Å². The molecule has 0 aromatic rings. The molecule has 0 bridgehead atoms. The lowest BCUT2D eigenvalue weighted by molar-refractivity contribution is -0.156. The first-order chi connectivity index (χ1) is 12.2. The number of esters is 2. The predicted octanol–water partition coefficient (Wildman–Crippen LogP) is 4.91. The molecule has 0 aromatic heterocycles. The van der Waals surface area contributed by atoms with Crippen LogP contribution < -0.4 is 0 Å². The second-order valence-electron chi connectivity index (χ2n) is 8.39. The molecule has 0 N–H and O–H groups in total. The van der Waals surface area contributed by atoms with Crippen LogP contribution in [0.25, 0.3) is 0 Å². The predicted molar refractivity (Wildman–Crippen MR) is 104 cm³/mol. The highest BCUT2D eigenvalue weighted by Crippen LogP contribution is 2.24. The van der Waals surface area contributed by atoms with Crippen molar-refractivity contribution in [1.82, 2.24) is 0 Å². The molecule has 0 radical (unpaired) electrons. The zero-order chi connectivity index (χ0) is 19.8. The summed E-state index contributed by atoms with van der Waals surface area (Å²) < 4.78 is 15.3. The van der Waals surface area contributed by atoms with Crippen LogP contribution >= 0.6 is 0 Å². The number of ether oxygens (including phenoxy) is 3. The standard InChI is InChI=1S/C21H40O5/c1-6-7-8-9-10-11-12-13-25-19(22)16-24-17-20(23)26-15-18(2)14-21(3,4)5/h18H,6-17H2,1-5H3. The van der Waals surface area contributed by atoms with E-state index >= 15 is 0 Å². The smallest absolute Gasteiger partial charge is 0.332 e. The van der Waals surface area contributed by atoms with Gasteiger partial charge in [0.25, 0.3) is 0 Å². The summed E-state index contributed by atoms with van der Waals surface area (Å²) in [6.07, 6.45) is 9.21. The number of rotatable bonds is 15. The Labute approximate surface area is 160 Å². The molecule has 0 spiro atoms. The van der Waals surface area contributed by atoms with Gasteiger partial charge in [0.1, 0.15) is 13.2 Å². The van der Waals surface area contributed by atoms with Gasteiger partial charge >= 0.3 is 11.9 Å². The van der Waals surface area contributed by atoms with Gasteiger partial charge in [0.05, 0.1) is 13.2 Å². The van der Waals surface area contributed by atoms with Gasteiger partial charge in [-0.05, 0) is 24.2 Å². The summed E-state index contributed by atoms with van der Waals surface area (Å²) in [7, 11) is 0. The Bertz CT molecular complexity index is 373. The van der Waals surface area contributed by atoms with Crippen LogP contribution in [0.4, 0.5) is 0 Å². The minimum atomic E-state index is -0.439. The van der Waals surface area contributed by atoms with Crippen LogP contribution in [0.3, 0.4) is 0 Å². The van der Waals surface area contributed by atoms with Crippen molar-refractivity contribution < 1.29 is 23.8 Å². The van der Waals surface area contributed by atoms with Crippen molar-refractivity contribution in [2.45, 2.75) is 86.0 Å². The summed E-state index contributed by atoms with van der Waals surface area (Å²) in [5.74, 6) is -0.568. The van der Waals surface area contributed by atoms with Gasteiger partial charge in [-0.1, -0.05) is 73.1 Å². The van der Waals surface area contributed by atoms with Gasteiger partial charge < -0.3 is 14.2 Å². The van der Waals surface area contributed by atoms with Crippen molar-refractivity contribution in [3.63, 3.8) is 0 Å². The van der Waals surface area contributed by atoms with E-state index in [0.717, 1.165) is 19.3 Å². The van der Waals surface area contributed by atoms with E-state index < -0.39 is 11.9 Å². The fourth-order valence-corrected chi connectivity index (χ4v) is 2.89. The lowest BCUT2D eigenvalue weighted by Gasteiger charge is -2.22. The molecular formula is C21H40O5. The topological polar surface area (TPSA) is 61.8 Å². The van der Waals surface area contributed by atoms with E-state index in [1.807, 2.05) is 0 Å². The Morgan fingerprint density at radius 2 is 1.38 bits per heavy atom. The summed E-state index contributed by atoms with van der Waals surface area (Å²) in [6.45, 7) is 11.1. The average molecular weight is 373 g/mol.